The Hall–Kier alpha value is -2.07. The first-order valence-electron chi connectivity index (χ1n) is 6.82. The Labute approximate surface area is 130 Å². The van der Waals surface area contributed by atoms with Crippen LogP contribution in [-0.2, 0) is 6.54 Å². The third kappa shape index (κ3) is 3.73. The zero-order chi connectivity index (χ0) is 15.4. The summed E-state index contributed by atoms with van der Waals surface area (Å²) in [5.41, 5.74) is 9.21. The van der Waals surface area contributed by atoms with E-state index in [0.29, 0.717) is 17.1 Å². The number of aromatic nitrogens is 1. The molecular formula is C16H19ClN4. The SMILES string of the molecule is CCN(Cc1cccc(C)n1)c1ccc(Cl)cc1C(=N)N. The highest BCUT2D eigenvalue weighted by Crippen LogP contribution is 2.25. The molecule has 110 valence electrons. The van der Waals surface area contributed by atoms with Gasteiger partial charge in [0.15, 0.2) is 0 Å². The zero-order valence-corrected chi connectivity index (χ0v) is 13.0. The smallest absolute Gasteiger partial charge is 0.124 e. The van der Waals surface area contributed by atoms with Crippen molar-refractivity contribution < 1.29 is 0 Å². The summed E-state index contributed by atoms with van der Waals surface area (Å²) >= 11 is 6.01. The van der Waals surface area contributed by atoms with Crippen LogP contribution in [0, 0.1) is 12.3 Å². The molecule has 0 aliphatic heterocycles. The lowest BCUT2D eigenvalue weighted by atomic mass is 10.1. The molecule has 21 heavy (non-hydrogen) atoms. The number of hydrogen-bond donors (Lipinski definition) is 2. The minimum Gasteiger partial charge on any atom is -0.384 e. The fourth-order valence-corrected chi connectivity index (χ4v) is 2.42. The van der Waals surface area contributed by atoms with E-state index in [1.165, 1.54) is 0 Å². The van der Waals surface area contributed by atoms with E-state index in [-0.39, 0.29) is 5.84 Å². The van der Waals surface area contributed by atoms with Crippen molar-refractivity contribution in [1.29, 1.82) is 5.41 Å². The number of nitrogens with two attached hydrogens (primary N) is 1. The summed E-state index contributed by atoms with van der Waals surface area (Å²) in [7, 11) is 0. The number of amidine groups is 1. The molecule has 3 N–H and O–H groups in total. The maximum atomic E-state index is 7.73. The molecule has 0 fully saturated rings. The van der Waals surface area contributed by atoms with Gasteiger partial charge in [-0.25, -0.2) is 0 Å². The van der Waals surface area contributed by atoms with Crippen molar-refractivity contribution >= 4 is 23.1 Å². The summed E-state index contributed by atoms with van der Waals surface area (Å²) in [6, 6.07) is 11.4. The summed E-state index contributed by atoms with van der Waals surface area (Å²) in [6.07, 6.45) is 0. The van der Waals surface area contributed by atoms with Crippen LogP contribution in [0.25, 0.3) is 0 Å². The van der Waals surface area contributed by atoms with Crippen molar-refractivity contribution in [2.24, 2.45) is 5.73 Å². The molecule has 0 bridgehead atoms. The third-order valence-electron chi connectivity index (χ3n) is 3.27. The van der Waals surface area contributed by atoms with Gasteiger partial charge in [0.25, 0.3) is 0 Å². The highest BCUT2D eigenvalue weighted by molar-refractivity contribution is 6.31. The number of hydrogen-bond acceptors (Lipinski definition) is 3. The molecule has 1 aromatic carbocycles. The predicted molar refractivity (Wildman–Crippen MR) is 88.2 cm³/mol. The van der Waals surface area contributed by atoms with Gasteiger partial charge < -0.3 is 10.6 Å². The molecule has 0 radical (unpaired) electrons. The van der Waals surface area contributed by atoms with Crippen LogP contribution < -0.4 is 10.6 Å². The lowest BCUT2D eigenvalue weighted by molar-refractivity contribution is 0.805. The molecule has 1 aromatic heterocycles. The largest absolute Gasteiger partial charge is 0.384 e. The zero-order valence-electron chi connectivity index (χ0n) is 12.2. The Morgan fingerprint density at radius 3 is 2.71 bits per heavy atom. The Morgan fingerprint density at radius 2 is 2.10 bits per heavy atom. The molecule has 2 aromatic rings. The second-order valence-corrected chi connectivity index (χ2v) is 5.30. The first kappa shape index (κ1) is 15.3. The van der Waals surface area contributed by atoms with Crippen molar-refractivity contribution in [2.75, 3.05) is 11.4 Å². The van der Waals surface area contributed by atoms with Gasteiger partial charge in [-0.05, 0) is 44.2 Å². The number of nitrogens with zero attached hydrogens (tertiary/aromatic N) is 2. The van der Waals surface area contributed by atoms with Gasteiger partial charge in [0.2, 0.25) is 0 Å². The van der Waals surface area contributed by atoms with Crippen molar-refractivity contribution in [3.8, 4) is 0 Å². The molecule has 0 unspecified atom stereocenters. The molecule has 0 saturated carbocycles. The molecule has 0 saturated heterocycles. The van der Waals surface area contributed by atoms with E-state index < -0.39 is 0 Å². The van der Waals surface area contributed by atoms with Gasteiger partial charge in [0.1, 0.15) is 5.84 Å². The summed E-state index contributed by atoms with van der Waals surface area (Å²) in [5, 5.41) is 8.31. The van der Waals surface area contributed by atoms with E-state index in [0.717, 1.165) is 23.6 Å². The maximum absolute atomic E-state index is 7.73. The van der Waals surface area contributed by atoms with E-state index in [2.05, 4.69) is 16.8 Å². The topological polar surface area (TPSA) is 66.0 Å². The van der Waals surface area contributed by atoms with Gasteiger partial charge in [-0.15, -0.1) is 0 Å². The van der Waals surface area contributed by atoms with Crippen LogP contribution in [0.5, 0.6) is 0 Å². The predicted octanol–water partition coefficient (Wildman–Crippen LogP) is 3.35. The van der Waals surface area contributed by atoms with Gasteiger partial charge in [-0.3, -0.25) is 10.4 Å². The summed E-state index contributed by atoms with van der Waals surface area (Å²) in [5.74, 6) is 0.0168. The van der Waals surface area contributed by atoms with E-state index in [1.54, 1.807) is 6.07 Å². The average Bonchev–Trinajstić information content (AvgIpc) is 2.45. The monoisotopic (exact) mass is 302 g/mol. The lowest BCUT2D eigenvalue weighted by Crippen LogP contribution is -2.26. The Balaban J connectivity index is 2.35. The van der Waals surface area contributed by atoms with Crippen molar-refractivity contribution in [3.05, 3.63) is 58.4 Å². The first-order valence-corrected chi connectivity index (χ1v) is 7.20. The number of aryl methyl sites for hydroxylation is 1. The van der Waals surface area contributed by atoms with Crippen molar-refractivity contribution in [3.63, 3.8) is 0 Å². The fourth-order valence-electron chi connectivity index (χ4n) is 2.25. The van der Waals surface area contributed by atoms with Crippen LogP contribution in [-0.4, -0.2) is 17.4 Å². The minimum absolute atomic E-state index is 0.0168. The highest BCUT2D eigenvalue weighted by Gasteiger charge is 2.13. The average molecular weight is 303 g/mol. The van der Waals surface area contributed by atoms with Gasteiger partial charge in [-0.1, -0.05) is 17.7 Å². The third-order valence-corrected chi connectivity index (χ3v) is 3.51. The van der Waals surface area contributed by atoms with Crippen LogP contribution >= 0.6 is 11.6 Å². The Bertz CT molecular complexity index is 654. The summed E-state index contributed by atoms with van der Waals surface area (Å²) in [4.78, 5) is 6.66. The van der Waals surface area contributed by atoms with E-state index in [9.17, 15) is 0 Å². The lowest BCUT2D eigenvalue weighted by Gasteiger charge is -2.25. The molecule has 0 atom stereocenters. The highest BCUT2D eigenvalue weighted by atomic mass is 35.5. The van der Waals surface area contributed by atoms with Gasteiger partial charge in [0, 0.05) is 28.5 Å². The normalized spacial score (nSPS) is 10.4. The van der Waals surface area contributed by atoms with Crippen LogP contribution in [0.1, 0.15) is 23.9 Å². The minimum atomic E-state index is 0.0168. The van der Waals surface area contributed by atoms with E-state index in [4.69, 9.17) is 22.7 Å². The molecule has 0 amide bonds. The number of halogens is 1. The summed E-state index contributed by atoms with van der Waals surface area (Å²) < 4.78 is 0. The molecule has 0 aliphatic rings. The number of anilines is 1. The van der Waals surface area contributed by atoms with Crippen LogP contribution in [0.2, 0.25) is 5.02 Å². The van der Waals surface area contributed by atoms with Gasteiger partial charge >= 0.3 is 0 Å². The van der Waals surface area contributed by atoms with Gasteiger partial charge in [0.05, 0.1) is 12.2 Å². The van der Waals surface area contributed by atoms with Crippen molar-refractivity contribution in [2.45, 2.75) is 20.4 Å². The molecule has 0 aliphatic carbocycles. The second-order valence-electron chi connectivity index (χ2n) is 4.86. The number of pyridine rings is 1. The molecule has 4 nitrogen and oxygen atoms in total. The van der Waals surface area contributed by atoms with E-state index in [1.807, 2.05) is 37.3 Å². The van der Waals surface area contributed by atoms with Crippen LogP contribution in [0.15, 0.2) is 36.4 Å². The van der Waals surface area contributed by atoms with Gasteiger partial charge in [-0.2, -0.15) is 0 Å². The van der Waals surface area contributed by atoms with E-state index >= 15 is 0 Å². The molecular weight excluding hydrogens is 284 g/mol. The van der Waals surface area contributed by atoms with Crippen LogP contribution in [0.4, 0.5) is 5.69 Å². The standard InChI is InChI=1S/C16H19ClN4/c1-3-21(10-13-6-4-5-11(2)20-13)15-8-7-12(17)9-14(15)16(18)19/h4-9H,3,10H2,1-2H3,(H3,18,19). The quantitative estimate of drug-likeness (QED) is 0.657. The molecule has 5 heteroatoms. The first-order chi connectivity index (χ1) is 10.0. The fraction of sp³-hybridized carbons (Fsp3) is 0.250. The molecule has 2 rings (SSSR count). The number of nitrogens with one attached hydrogen (secondary N) is 1. The number of nitrogen functional groups attached to an aromatic ring is 1. The number of benzene rings is 1. The Kier molecular flexibility index (Phi) is 4.81. The Morgan fingerprint density at radius 1 is 1.33 bits per heavy atom. The maximum Gasteiger partial charge on any atom is 0.124 e. The second kappa shape index (κ2) is 6.59. The summed E-state index contributed by atoms with van der Waals surface area (Å²) in [6.45, 7) is 5.50. The molecule has 1 heterocycles. The number of rotatable bonds is 5. The van der Waals surface area contributed by atoms with Crippen molar-refractivity contribution in [1.82, 2.24) is 4.98 Å². The van der Waals surface area contributed by atoms with Crippen LogP contribution in [0.3, 0.4) is 0 Å². The molecule has 0 spiro atoms.